The van der Waals surface area contributed by atoms with Crippen molar-refractivity contribution in [3.63, 3.8) is 0 Å². The van der Waals surface area contributed by atoms with Crippen LogP contribution in [0.2, 0.25) is 0 Å². The fourth-order valence-electron chi connectivity index (χ4n) is 1.78. The lowest BCUT2D eigenvalue weighted by Crippen LogP contribution is -2.34. The SMILES string of the molecule is CN1CCCN(S(=O)(=O)c2cnc(N)s2)CC1. The van der Waals surface area contributed by atoms with Crippen molar-refractivity contribution in [2.24, 2.45) is 0 Å². The van der Waals surface area contributed by atoms with E-state index < -0.39 is 10.0 Å². The van der Waals surface area contributed by atoms with E-state index in [4.69, 9.17) is 5.73 Å². The number of nitrogen functional groups attached to an aromatic ring is 1. The summed E-state index contributed by atoms with van der Waals surface area (Å²) in [6.45, 7) is 2.77. The third-order valence-corrected chi connectivity index (χ3v) is 5.94. The standard InChI is InChI=1S/C9H16N4O2S2/c1-12-3-2-4-13(6-5-12)17(14,15)8-7-11-9(10)16-8/h7H,2-6H2,1H3,(H2,10,11). The molecule has 0 radical (unpaired) electrons. The molecule has 0 aromatic carbocycles. The van der Waals surface area contributed by atoms with Crippen LogP contribution in [-0.2, 0) is 10.0 Å². The van der Waals surface area contributed by atoms with Crippen LogP contribution in [-0.4, -0.2) is 55.8 Å². The quantitative estimate of drug-likeness (QED) is 0.826. The average Bonchev–Trinajstić information content (AvgIpc) is 2.58. The minimum absolute atomic E-state index is 0.236. The summed E-state index contributed by atoms with van der Waals surface area (Å²) >= 11 is 1.02. The molecule has 0 saturated carbocycles. The fourth-order valence-corrected chi connectivity index (χ4v) is 4.32. The van der Waals surface area contributed by atoms with E-state index in [9.17, 15) is 8.42 Å². The number of rotatable bonds is 2. The highest BCUT2D eigenvalue weighted by Gasteiger charge is 2.27. The smallest absolute Gasteiger partial charge is 0.254 e. The zero-order valence-electron chi connectivity index (χ0n) is 9.66. The van der Waals surface area contributed by atoms with Crippen LogP contribution in [0.1, 0.15) is 6.42 Å². The summed E-state index contributed by atoms with van der Waals surface area (Å²) in [5.41, 5.74) is 5.47. The Balaban J connectivity index is 2.20. The first-order valence-electron chi connectivity index (χ1n) is 5.40. The zero-order valence-corrected chi connectivity index (χ0v) is 11.3. The number of nitrogens with zero attached hydrogens (tertiary/aromatic N) is 3. The number of anilines is 1. The Kier molecular flexibility index (Phi) is 3.67. The lowest BCUT2D eigenvalue weighted by molar-refractivity contribution is 0.347. The number of hydrogen-bond donors (Lipinski definition) is 1. The second-order valence-electron chi connectivity index (χ2n) is 4.08. The van der Waals surface area contributed by atoms with Gasteiger partial charge in [0, 0.05) is 19.6 Å². The van der Waals surface area contributed by atoms with Gasteiger partial charge >= 0.3 is 0 Å². The second kappa shape index (κ2) is 4.89. The first kappa shape index (κ1) is 12.7. The van der Waals surface area contributed by atoms with E-state index in [1.165, 1.54) is 10.5 Å². The lowest BCUT2D eigenvalue weighted by Gasteiger charge is -2.18. The molecule has 2 rings (SSSR count). The highest BCUT2D eigenvalue weighted by Crippen LogP contribution is 2.24. The van der Waals surface area contributed by atoms with E-state index in [2.05, 4.69) is 9.88 Å². The van der Waals surface area contributed by atoms with E-state index in [0.717, 1.165) is 30.8 Å². The predicted octanol–water partition coefficient (Wildman–Crippen LogP) is 0.0515. The lowest BCUT2D eigenvalue weighted by atomic mass is 10.4. The van der Waals surface area contributed by atoms with Crippen molar-refractivity contribution in [3.05, 3.63) is 6.20 Å². The zero-order chi connectivity index (χ0) is 12.5. The summed E-state index contributed by atoms with van der Waals surface area (Å²) in [6, 6.07) is 0. The number of nitrogens with two attached hydrogens (primary N) is 1. The van der Waals surface area contributed by atoms with Gasteiger partial charge in [-0.2, -0.15) is 4.31 Å². The van der Waals surface area contributed by atoms with Crippen LogP contribution in [0.5, 0.6) is 0 Å². The van der Waals surface area contributed by atoms with Crippen LogP contribution in [0.15, 0.2) is 10.4 Å². The van der Waals surface area contributed by atoms with Crippen LogP contribution in [0.25, 0.3) is 0 Å². The third-order valence-electron chi connectivity index (χ3n) is 2.77. The summed E-state index contributed by atoms with van der Waals surface area (Å²) in [4.78, 5) is 5.93. The summed E-state index contributed by atoms with van der Waals surface area (Å²) in [7, 11) is -1.40. The van der Waals surface area contributed by atoms with Gasteiger partial charge in [0.2, 0.25) is 0 Å². The monoisotopic (exact) mass is 276 g/mol. The van der Waals surface area contributed by atoms with Crippen molar-refractivity contribution < 1.29 is 8.42 Å². The average molecular weight is 276 g/mol. The maximum Gasteiger partial charge on any atom is 0.254 e. The minimum atomic E-state index is -3.41. The van der Waals surface area contributed by atoms with Gasteiger partial charge < -0.3 is 10.6 Å². The highest BCUT2D eigenvalue weighted by molar-refractivity contribution is 7.91. The Bertz CT molecular complexity index is 485. The summed E-state index contributed by atoms with van der Waals surface area (Å²) in [6.07, 6.45) is 2.19. The summed E-state index contributed by atoms with van der Waals surface area (Å²) in [5.74, 6) is 0. The molecule has 1 aromatic rings. The normalized spacial score (nSPS) is 20.3. The maximum absolute atomic E-state index is 12.3. The molecule has 0 bridgehead atoms. The second-order valence-corrected chi connectivity index (χ2v) is 7.31. The van der Waals surface area contributed by atoms with Crippen molar-refractivity contribution >= 4 is 26.5 Å². The van der Waals surface area contributed by atoms with Gasteiger partial charge in [-0.3, -0.25) is 0 Å². The molecule has 1 aliphatic heterocycles. The van der Waals surface area contributed by atoms with Crippen molar-refractivity contribution in [1.82, 2.24) is 14.2 Å². The Morgan fingerprint density at radius 2 is 2.12 bits per heavy atom. The number of thiazole rings is 1. The van der Waals surface area contributed by atoms with Gasteiger partial charge in [-0.25, -0.2) is 13.4 Å². The van der Waals surface area contributed by atoms with Crippen molar-refractivity contribution in [3.8, 4) is 0 Å². The molecule has 2 N–H and O–H groups in total. The molecule has 17 heavy (non-hydrogen) atoms. The largest absolute Gasteiger partial charge is 0.375 e. The molecule has 96 valence electrons. The van der Waals surface area contributed by atoms with Crippen LogP contribution < -0.4 is 5.73 Å². The minimum Gasteiger partial charge on any atom is -0.375 e. The number of aromatic nitrogens is 1. The topological polar surface area (TPSA) is 79.5 Å². The van der Waals surface area contributed by atoms with Crippen molar-refractivity contribution in [2.75, 3.05) is 39.0 Å². The van der Waals surface area contributed by atoms with E-state index in [1.54, 1.807) is 0 Å². The Labute approximate surface area is 105 Å². The molecule has 0 amide bonds. The van der Waals surface area contributed by atoms with E-state index >= 15 is 0 Å². The Morgan fingerprint density at radius 1 is 1.35 bits per heavy atom. The molecule has 0 unspecified atom stereocenters. The maximum atomic E-state index is 12.3. The molecule has 0 spiro atoms. The van der Waals surface area contributed by atoms with Gasteiger partial charge in [0.15, 0.2) is 9.34 Å². The molecule has 8 heteroatoms. The summed E-state index contributed by atoms with van der Waals surface area (Å²) < 4.78 is 26.3. The van der Waals surface area contributed by atoms with E-state index in [1.807, 2.05) is 7.05 Å². The molecule has 1 aromatic heterocycles. The number of likely N-dealkylation sites (N-methyl/N-ethyl adjacent to an activating group) is 1. The molecule has 1 saturated heterocycles. The van der Waals surface area contributed by atoms with Gasteiger partial charge in [0.1, 0.15) is 0 Å². The third kappa shape index (κ3) is 2.76. The molecule has 6 nitrogen and oxygen atoms in total. The summed E-state index contributed by atoms with van der Waals surface area (Å²) in [5, 5.41) is 0.288. The number of sulfonamides is 1. The molecular formula is C9H16N4O2S2. The van der Waals surface area contributed by atoms with Gasteiger partial charge in [0.05, 0.1) is 6.20 Å². The number of hydrogen-bond acceptors (Lipinski definition) is 6. The van der Waals surface area contributed by atoms with Crippen molar-refractivity contribution in [1.29, 1.82) is 0 Å². The Morgan fingerprint density at radius 3 is 2.76 bits per heavy atom. The molecule has 0 atom stereocenters. The fraction of sp³-hybridized carbons (Fsp3) is 0.667. The van der Waals surface area contributed by atoms with E-state index in [0.29, 0.717) is 13.1 Å². The van der Waals surface area contributed by atoms with Crippen LogP contribution in [0, 0.1) is 0 Å². The van der Waals surface area contributed by atoms with E-state index in [-0.39, 0.29) is 9.34 Å². The van der Waals surface area contributed by atoms with Gasteiger partial charge in [-0.15, -0.1) is 0 Å². The highest BCUT2D eigenvalue weighted by atomic mass is 32.2. The molecule has 0 aliphatic carbocycles. The predicted molar refractivity (Wildman–Crippen MR) is 67.4 cm³/mol. The molecular weight excluding hydrogens is 260 g/mol. The van der Waals surface area contributed by atoms with Crippen molar-refractivity contribution in [2.45, 2.75) is 10.6 Å². The van der Waals surface area contributed by atoms with Gasteiger partial charge in [0.25, 0.3) is 10.0 Å². The first-order valence-corrected chi connectivity index (χ1v) is 7.66. The molecule has 2 heterocycles. The first-order chi connectivity index (χ1) is 8.00. The van der Waals surface area contributed by atoms with Gasteiger partial charge in [-0.05, 0) is 20.0 Å². The molecule has 1 aliphatic rings. The van der Waals surface area contributed by atoms with Crippen LogP contribution in [0.4, 0.5) is 5.13 Å². The Hall–Kier alpha value is -0.700. The van der Waals surface area contributed by atoms with Gasteiger partial charge in [-0.1, -0.05) is 11.3 Å². The van der Waals surface area contributed by atoms with Crippen LogP contribution >= 0.6 is 11.3 Å². The molecule has 1 fully saturated rings. The van der Waals surface area contributed by atoms with Crippen LogP contribution in [0.3, 0.4) is 0 Å².